The molecule has 130 valence electrons. The summed E-state index contributed by atoms with van der Waals surface area (Å²) in [7, 11) is 0. The Kier molecular flexibility index (Phi) is 8.48. The van der Waals surface area contributed by atoms with Gasteiger partial charge in [0.05, 0.1) is 19.1 Å². The highest BCUT2D eigenvalue weighted by Gasteiger charge is 2.21. The first-order valence-corrected chi connectivity index (χ1v) is 8.36. The number of carboxylic acids is 1. The number of ether oxygens (including phenoxy) is 2. The fourth-order valence-corrected chi connectivity index (χ4v) is 2.68. The molecule has 2 unspecified atom stereocenters. The quantitative estimate of drug-likeness (QED) is 0.654. The van der Waals surface area contributed by atoms with Gasteiger partial charge in [0, 0.05) is 12.6 Å². The van der Waals surface area contributed by atoms with Crippen molar-refractivity contribution in [2.24, 2.45) is 17.6 Å². The molecule has 0 aliphatic rings. The Morgan fingerprint density at radius 3 is 2.09 bits per heavy atom. The lowest BCUT2D eigenvalue weighted by atomic mass is 9.87. The van der Waals surface area contributed by atoms with Crippen LogP contribution in [0.15, 0.2) is 18.2 Å². The number of carboxylic acid groups (broad SMARTS) is 1. The van der Waals surface area contributed by atoms with Gasteiger partial charge in [-0.2, -0.15) is 0 Å². The predicted octanol–water partition coefficient (Wildman–Crippen LogP) is 3.10. The molecule has 5 heteroatoms. The Bertz CT molecular complexity index is 466. The number of carbonyl (C=O) groups is 1. The van der Waals surface area contributed by atoms with Crippen molar-refractivity contribution in [2.45, 2.75) is 40.0 Å². The molecule has 3 N–H and O–H groups in total. The molecule has 0 saturated carbocycles. The topological polar surface area (TPSA) is 81.8 Å². The van der Waals surface area contributed by atoms with Crippen molar-refractivity contribution in [3.63, 3.8) is 0 Å². The van der Waals surface area contributed by atoms with Crippen molar-refractivity contribution >= 4 is 5.97 Å². The molecule has 0 saturated heterocycles. The molecule has 23 heavy (non-hydrogen) atoms. The van der Waals surface area contributed by atoms with E-state index in [9.17, 15) is 9.90 Å². The number of benzene rings is 1. The number of rotatable bonds is 11. The Labute approximate surface area is 138 Å². The summed E-state index contributed by atoms with van der Waals surface area (Å²) in [5.41, 5.74) is 6.68. The van der Waals surface area contributed by atoms with Crippen LogP contribution >= 0.6 is 0 Å². The average Bonchev–Trinajstić information content (AvgIpc) is 2.51. The highest BCUT2D eigenvalue weighted by atomic mass is 16.5. The number of hydrogen-bond donors (Lipinski definition) is 2. The molecule has 0 spiro atoms. The van der Waals surface area contributed by atoms with E-state index >= 15 is 0 Å². The zero-order valence-electron chi connectivity index (χ0n) is 14.4. The van der Waals surface area contributed by atoms with E-state index in [0.717, 1.165) is 29.9 Å². The summed E-state index contributed by atoms with van der Waals surface area (Å²) in [5, 5.41) is 9.19. The van der Waals surface area contributed by atoms with Gasteiger partial charge in [0.15, 0.2) is 0 Å². The third-order valence-corrected chi connectivity index (χ3v) is 3.92. The van der Waals surface area contributed by atoms with Crippen LogP contribution < -0.4 is 15.2 Å². The normalized spacial score (nSPS) is 13.4. The third-order valence-electron chi connectivity index (χ3n) is 3.92. The molecule has 0 fully saturated rings. The van der Waals surface area contributed by atoms with Crippen LogP contribution in [0.5, 0.6) is 11.5 Å². The lowest BCUT2D eigenvalue weighted by Gasteiger charge is -2.20. The van der Waals surface area contributed by atoms with E-state index in [1.807, 2.05) is 32.0 Å². The number of hydrogen-bond acceptors (Lipinski definition) is 4. The second-order valence-corrected chi connectivity index (χ2v) is 5.66. The Balaban J connectivity index is 2.88. The Morgan fingerprint density at radius 2 is 1.70 bits per heavy atom. The molecule has 0 aliphatic carbocycles. The van der Waals surface area contributed by atoms with Gasteiger partial charge in [-0.25, -0.2) is 0 Å². The van der Waals surface area contributed by atoms with Crippen LogP contribution in [-0.4, -0.2) is 30.8 Å². The number of nitrogens with two attached hydrogens (primary N) is 1. The zero-order valence-corrected chi connectivity index (χ0v) is 14.4. The molecule has 1 aromatic rings. The molecule has 1 rings (SSSR count). The van der Waals surface area contributed by atoms with Gasteiger partial charge in [-0.3, -0.25) is 4.79 Å². The van der Waals surface area contributed by atoms with Crippen LogP contribution in [0.25, 0.3) is 0 Å². The smallest absolute Gasteiger partial charge is 0.307 e. The van der Waals surface area contributed by atoms with E-state index < -0.39 is 11.9 Å². The molecule has 0 radical (unpaired) electrons. The second-order valence-electron chi connectivity index (χ2n) is 5.66. The van der Waals surface area contributed by atoms with Gasteiger partial charge in [-0.15, -0.1) is 0 Å². The summed E-state index contributed by atoms with van der Waals surface area (Å²) in [4.78, 5) is 11.2. The van der Waals surface area contributed by atoms with Crippen LogP contribution in [0.3, 0.4) is 0 Å². The van der Waals surface area contributed by atoms with Crippen molar-refractivity contribution in [3.8, 4) is 11.5 Å². The predicted molar refractivity (Wildman–Crippen MR) is 91.1 cm³/mol. The minimum absolute atomic E-state index is 0.176. The maximum atomic E-state index is 11.2. The molecule has 5 nitrogen and oxygen atoms in total. The average molecular weight is 323 g/mol. The van der Waals surface area contributed by atoms with Crippen molar-refractivity contribution in [2.75, 3.05) is 19.8 Å². The highest BCUT2D eigenvalue weighted by Crippen LogP contribution is 2.27. The van der Waals surface area contributed by atoms with Crippen LogP contribution in [0.1, 0.15) is 39.2 Å². The maximum Gasteiger partial charge on any atom is 0.307 e. The van der Waals surface area contributed by atoms with E-state index in [4.69, 9.17) is 15.2 Å². The summed E-state index contributed by atoms with van der Waals surface area (Å²) in [6, 6.07) is 5.90. The lowest BCUT2D eigenvalue weighted by Crippen LogP contribution is -2.26. The Morgan fingerprint density at radius 1 is 1.13 bits per heavy atom. The fourth-order valence-electron chi connectivity index (χ4n) is 2.68. The summed E-state index contributed by atoms with van der Waals surface area (Å²) in [5.74, 6) is 0.547. The summed E-state index contributed by atoms with van der Waals surface area (Å²) >= 11 is 0. The van der Waals surface area contributed by atoms with E-state index in [1.54, 1.807) is 0 Å². The van der Waals surface area contributed by atoms with Gasteiger partial charge < -0.3 is 20.3 Å². The molecule has 0 bridgehead atoms. The SMILES string of the molecule is CCOc1cc(CC(CC)CC(CN)C(=O)O)cc(OCC)c1. The van der Waals surface area contributed by atoms with Crippen molar-refractivity contribution in [1.82, 2.24) is 0 Å². The van der Waals surface area contributed by atoms with Gasteiger partial charge in [-0.05, 0) is 50.3 Å². The highest BCUT2D eigenvalue weighted by molar-refractivity contribution is 5.70. The van der Waals surface area contributed by atoms with Crippen LogP contribution in [0.4, 0.5) is 0 Å². The van der Waals surface area contributed by atoms with Crippen molar-refractivity contribution in [3.05, 3.63) is 23.8 Å². The lowest BCUT2D eigenvalue weighted by molar-refractivity contribution is -0.142. The molecule has 0 aromatic heterocycles. The van der Waals surface area contributed by atoms with Gasteiger partial charge in [-0.1, -0.05) is 13.3 Å². The van der Waals surface area contributed by atoms with E-state index in [2.05, 4.69) is 6.92 Å². The molecule has 1 aromatic carbocycles. The van der Waals surface area contributed by atoms with Crippen molar-refractivity contribution in [1.29, 1.82) is 0 Å². The maximum absolute atomic E-state index is 11.2. The second kappa shape index (κ2) is 10.1. The van der Waals surface area contributed by atoms with Gasteiger partial charge in [0.1, 0.15) is 11.5 Å². The summed E-state index contributed by atoms with van der Waals surface area (Å²) in [6.45, 7) is 7.34. The van der Waals surface area contributed by atoms with Crippen LogP contribution in [0, 0.1) is 11.8 Å². The Hall–Kier alpha value is -1.75. The summed E-state index contributed by atoms with van der Waals surface area (Å²) < 4.78 is 11.2. The van der Waals surface area contributed by atoms with E-state index in [-0.39, 0.29) is 12.5 Å². The van der Waals surface area contributed by atoms with Gasteiger partial charge in [0.25, 0.3) is 0 Å². The minimum atomic E-state index is -0.816. The first-order valence-electron chi connectivity index (χ1n) is 8.36. The van der Waals surface area contributed by atoms with Gasteiger partial charge >= 0.3 is 5.97 Å². The van der Waals surface area contributed by atoms with Crippen molar-refractivity contribution < 1.29 is 19.4 Å². The first-order chi connectivity index (χ1) is 11.0. The monoisotopic (exact) mass is 323 g/mol. The molecular weight excluding hydrogens is 294 g/mol. The largest absolute Gasteiger partial charge is 0.494 e. The first kappa shape index (κ1) is 19.3. The number of aliphatic carboxylic acids is 1. The zero-order chi connectivity index (χ0) is 17.2. The molecular formula is C18H29NO4. The minimum Gasteiger partial charge on any atom is -0.494 e. The molecule has 2 atom stereocenters. The standard InChI is InChI=1S/C18H29NO4/c1-4-13(8-15(12-19)18(20)21)7-14-9-16(22-5-2)11-17(10-14)23-6-3/h9-11,13,15H,4-8,12,19H2,1-3H3,(H,20,21). The van der Waals surface area contributed by atoms with Crippen LogP contribution in [-0.2, 0) is 11.2 Å². The van der Waals surface area contributed by atoms with Crippen LogP contribution in [0.2, 0.25) is 0 Å². The third kappa shape index (κ3) is 6.48. The molecule has 0 aliphatic heterocycles. The molecule has 0 heterocycles. The van der Waals surface area contributed by atoms with E-state index in [1.165, 1.54) is 0 Å². The van der Waals surface area contributed by atoms with E-state index in [0.29, 0.717) is 19.6 Å². The summed E-state index contributed by atoms with van der Waals surface area (Å²) in [6.07, 6.45) is 2.29. The molecule has 0 amide bonds. The van der Waals surface area contributed by atoms with Gasteiger partial charge in [0.2, 0.25) is 0 Å². The fraction of sp³-hybridized carbons (Fsp3) is 0.611.